The number of benzene rings is 2. The Bertz CT molecular complexity index is 1210. The van der Waals surface area contributed by atoms with E-state index >= 15 is 0 Å². The number of amides is 1. The molecular formula is C23H17ClF6N2O3. The number of hydrogen-bond acceptors (Lipinski definition) is 4. The number of carbonyl (C=O) groups is 1. The predicted octanol–water partition coefficient (Wildman–Crippen LogP) is 5.30. The van der Waals surface area contributed by atoms with E-state index in [-0.39, 0.29) is 18.1 Å². The van der Waals surface area contributed by atoms with E-state index < -0.39 is 53.2 Å². The van der Waals surface area contributed by atoms with Gasteiger partial charge in [0, 0.05) is 43.3 Å². The largest absolute Gasteiger partial charge is 0.479 e. The molecule has 2 heterocycles. The quantitative estimate of drug-likeness (QED) is 0.252. The summed E-state index contributed by atoms with van der Waals surface area (Å²) in [5.74, 6) is -13.3. The molecular weight excluding hydrogens is 502 g/mol. The summed E-state index contributed by atoms with van der Waals surface area (Å²) >= 11 is 6.07. The number of furan rings is 1. The summed E-state index contributed by atoms with van der Waals surface area (Å²) in [6.07, 6.45) is 0. The van der Waals surface area contributed by atoms with Crippen molar-refractivity contribution in [3.63, 3.8) is 0 Å². The van der Waals surface area contributed by atoms with Crippen molar-refractivity contribution in [3.8, 4) is 5.75 Å². The molecule has 0 atom stereocenters. The van der Waals surface area contributed by atoms with Crippen molar-refractivity contribution < 1.29 is 40.3 Å². The topological polar surface area (TPSA) is 45.9 Å². The molecule has 12 heteroatoms. The minimum atomic E-state index is -2.30. The molecule has 186 valence electrons. The van der Waals surface area contributed by atoms with Gasteiger partial charge in [-0.1, -0.05) is 17.7 Å². The van der Waals surface area contributed by atoms with Crippen molar-refractivity contribution in [1.29, 1.82) is 0 Å². The fourth-order valence-corrected chi connectivity index (χ4v) is 3.82. The molecule has 1 aliphatic heterocycles. The highest BCUT2D eigenvalue weighted by atomic mass is 35.5. The number of ether oxygens (including phenoxy) is 1. The number of hydrogen-bond donors (Lipinski definition) is 0. The lowest BCUT2D eigenvalue weighted by atomic mass is 10.2. The standard InChI is InChI=1S/C23H17ClF6N2O3/c24-14-2-1-3-15(25)13(14)10-31-6-8-32(9-7-31)23(33)16-5-4-12(35-16)11-34-22-20(29)18(27)17(26)19(28)21(22)30/h1-5H,6-11H2. The third kappa shape index (κ3) is 5.10. The van der Waals surface area contributed by atoms with Gasteiger partial charge in [0.05, 0.1) is 0 Å². The van der Waals surface area contributed by atoms with Gasteiger partial charge in [-0.15, -0.1) is 0 Å². The van der Waals surface area contributed by atoms with Gasteiger partial charge in [-0.05, 0) is 24.3 Å². The van der Waals surface area contributed by atoms with Gasteiger partial charge in [0.2, 0.25) is 29.1 Å². The zero-order valence-corrected chi connectivity index (χ0v) is 18.7. The monoisotopic (exact) mass is 518 g/mol. The van der Waals surface area contributed by atoms with E-state index in [9.17, 15) is 31.1 Å². The fraction of sp³-hybridized carbons (Fsp3) is 0.261. The highest BCUT2D eigenvalue weighted by Gasteiger charge is 2.28. The molecule has 35 heavy (non-hydrogen) atoms. The average Bonchev–Trinajstić information content (AvgIpc) is 3.33. The zero-order valence-electron chi connectivity index (χ0n) is 17.9. The van der Waals surface area contributed by atoms with Crippen molar-refractivity contribution >= 4 is 17.5 Å². The summed E-state index contributed by atoms with van der Waals surface area (Å²) in [7, 11) is 0. The fourth-order valence-electron chi connectivity index (χ4n) is 3.60. The normalized spacial score (nSPS) is 14.4. The first-order valence-corrected chi connectivity index (χ1v) is 10.7. The smallest absolute Gasteiger partial charge is 0.289 e. The lowest BCUT2D eigenvalue weighted by molar-refractivity contribution is 0.0592. The predicted molar refractivity (Wildman–Crippen MR) is 112 cm³/mol. The summed E-state index contributed by atoms with van der Waals surface area (Å²) in [5.41, 5.74) is 0.374. The lowest BCUT2D eigenvalue weighted by Crippen LogP contribution is -2.48. The Morgan fingerprint density at radius 2 is 1.51 bits per heavy atom. The van der Waals surface area contributed by atoms with Crippen molar-refractivity contribution in [2.45, 2.75) is 13.2 Å². The number of carbonyl (C=O) groups excluding carboxylic acids is 1. The molecule has 5 nitrogen and oxygen atoms in total. The molecule has 1 amide bonds. The number of halogens is 7. The first-order valence-electron chi connectivity index (χ1n) is 10.3. The molecule has 1 aliphatic rings. The van der Waals surface area contributed by atoms with Crippen LogP contribution in [0.3, 0.4) is 0 Å². The Hall–Kier alpha value is -3.18. The third-order valence-corrected chi connectivity index (χ3v) is 5.86. The first-order chi connectivity index (χ1) is 16.7. The minimum Gasteiger partial charge on any atom is -0.479 e. The Labute approximate surface area is 200 Å². The minimum absolute atomic E-state index is 0.0647. The van der Waals surface area contributed by atoms with E-state index in [1.54, 1.807) is 6.07 Å². The second kappa shape index (κ2) is 10.2. The second-order valence-corrected chi connectivity index (χ2v) is 8.13. The zero-order chi connectivity index (χ0) is 25.3. The Kier molecular flexibility index (Phi) is 7.27. The maximum Gasteiger partial charge on any atom is 0.289 e. The van der Waals surface area contributed by atoms with Gasteiger partial charge in [-0.2, -0.15) is 8.78 Å². The van der Waals surface area contributed by atoms with E-state index in [2.05, 4.69) is 0 Å². The molecule has 0 radical (unpaired) electrons. The van der Waals surface area contributed by atoms with Crippen molar-refractivity contribution in [2.75, 3.05) is 26.2 Å². The summed E-state index contributed by atoms with van der Waals surface area (Å²) in [6, 6.07) is 7.04. The van der Waals surface area contributed by atoms with E-state index in [0.717, 1.165) is 0 Å². The molecule has 0 saturated carbocycles. The van der Waals surface area contributed by atoms with Crippen LogP contribution in [0.25, 0.3) is 0 Å². The molecule has 1 saturated heterocycles. The molecule has 1 fully saturated rings. The van der Waals surface area contributed by atoms with E-state index in [4.69, 9.17) is 20.8 Å². The summed E-state index contributed by atoms with van der Waals surface area (Å²) in [4.78, 5) is 16.2. The second-order valence-electron chi connectivity index (χ2n) is 7.72. The van der Waals surface area contributed by atoms with Crippen LogP contribution < -0.4 is 4.74 Å². The molecule has 0 unspecified atom stereocenters. The highest BCUT2D eigenvalue weighted by molar-refractivity contribution is 6.31. The lowest BCUT2D eigenvalue weighted by Gasteiger charge is -2.34. The molecule has 0 aliphatic carbocycles. The van der Waals surface area contributed by atoms with Gasteiger partial charge in [0.1, 0.15) is 18.2 Å². The molecule has 0 N–H and O–H groups in total. The SMILES string of the molecule is O=C(c1ccc(COc2c(F)c(F)c(F)c(F)c2F)o1)N1CCN(Cc2c(F)cccc2Cl)CC1. The van der Waals surface area contributed by atoms with Crippen LogP contribution >= 0.6 is 11.6 Å². The first kappa shape index (κ1) is 24.9. The van der Waals surface area contributed by atoms with E-state index in [0.29, 0.717) is 36.8 Å². The average molecular weight is 519 g/mol. The van der Waals surface area contributed by atoms with Crippen LogP contribution in [0.1, 0.15) is 21.9 Å². The van der Waals surface area contributed by atoms with Crippen molar-refractivity contribution in [2.24, 2.45) is 0 Å². The number of rotatable bonds is 6. The molecule has 3 aromatic rings. The Morgan fingerprint density at radius 3 is 2.14 bits per heavy atom. The van der Waals surface area contributed by atoms with Gasteiger partial charge >= 0.3 is 0 Å². The summed E-state index contributed by atoms with van der Waals surface area (Å²) in [5, 5.41) is 0.319. The maximum absolute atomic E-state index is 14.0. The number of nitrogens with zero attached hydrogens (tertiary/aromatic N) is 2. The molecule has 0 spiro atoms. The summed E-state index contributed by atoms with van der Waals surface area (Å²) < 4.78 is 91.2. The molecule has 1 aromatic heterocycles. The van der Waals surface area contributed by atoms with Gasteiger partial charge in [0.15, 0.2) is 11.5 Å². The van der Waals surface area contributed by atoms with Gasteiger partial charge in [0.25, 0.3) is 5.91 Å². The van der Waals surface area contributed by atoms with E-state index in [1.807, 2.05) is 4.90 Å². The van der Waals surface area contributed by atoms with Gasteiger partial charge in [-0.25, -0.2) is 17.6 Å². The van der Waals surface area contributed by atoms with Gasteiger partial charge < -0.3 is 14.1 Å². The van der Waals surface area contributed by atoms with Crippen LogP contribution in [-0.4, -0.2) is 41.9 Å². The van der Waals surface area contributed by atoms with E-state index in [1.165, 1.54) is 29.2 Å². The Balaban J connectivity index is 1.35. The number of piperazine rings is 1. The van der Waals surface area contributed by atoms with Crippen LogP contribution in [0.2, 0.25) is 5.02 Å². The van der Waals surface area contributed by atoms with Crippen molar-refractivity contribution in [1.82, 2.24) is 9.80 Å². The van der Waals surface area contributed by atoms with Crippen LogP contribution in [0.5, 0.6) is 5.75 Å². The Morgan fingerprint density at radius 1 is 0.886 bits per heavy atom. The molecule has 0 bridgehead atoms. The highest BCUT2D eigenvalue weighted by Crippen LogP contribution is 2.30. The summed E-state index contributed by atoms with van der Waals surface area (Å²) in [6.45, 7) is 1.15. The maximum atomic E-state index is 14.0. The molecule has 4 rings (SSSR count). The third-order valence-electron chi connectivity index (χ3n) is 5.50. The van der Waals surface area contributed by atoms with Crippen molar-refractivity contribution in [3.05, 3.63) is 87.3 Å². The molecule has 2 aromatic carbocycles. The van der Waals surface area contributed by atoms with Gasteiger partial charge in [-0.3, -0.25) is 9.69 Å². The van der Waals surface area contributed by atoms with Crippen LogP contribution in [-0.2, 0) is 13.2 Å². The van der Waals surface area contributed by atoms with Crippen LogP contribution in [0.4, 0.5) is 26.3 Å². The van der Waals surface area contributed by atoms with Crippen LogP contribution in [0, 0.1) is 34.9 Å². The van der Waals surface area contributed by atoms with Crippen LogP contribution in [0.15, 0.2) is 34.7 Å².